The fourth-order valence-corrected chi connectivity index (χ4v) is 3.79. The van der Waals surface area contributed by atoms with E-state index in [4.69, 9.17) is 0 Å². The summed E-state index contributed by atoms with van der Waals surface area (Å²) in [5.74, 6) is 1.34. The van der Waals surface area contributed by atoms with Crippen LogP contribution in [-0.2, 0) is 0 Å². The Bertz CT molecular complexity index is 331. The molecule has 1 aromatic heterocycles. The number of thiophene rings is 1. The molecule has 0 aliphatic heterocycles. The lowest BCUT2D eigenvalue weighted by Gasteiger charge is -2.31. The Balaban J connectivity index is 2.01. The molecule has 16 heavy (non-hydrogen) atoms. The van der Waals surface area contributed by atoms with Gasteiger partial charge in [0.15, 0.2) is 0 Å². The molecule has 0 bridgehead atoms. The zero-order valence-corrected chi connectivity index (χ0v) is 11.1. The van der Waals surface area contributed by atoms with Crippen LogP contribution in [0.3, 0.4) is 0 Å². The maximum atomic E-state index is 10.4. The highest BCUT2D eigenvalue weighted by Crippen LogP contribution is 2.39. The van der Waals surface area contributed by atoms with Crippen molar-refractivity contribution in [3.63, 3.8) is 0 Å². The van der Waals surface area contributed by atoms with E-state index in [-0.39, 0.29) is 6.10 Å². The summed E-state index contributed by atoms with van der Waals surface area (Å²) < 4.78 is 0. The van der Waals surface area contributed by atoms with Crippen molar-refractivity contribution in [2.75, 3.05) is 0 Å². The summed E-state index contributed by atoms with van der Waals surface area (Å²) in [6.45, 7) is 4.38. The Morgan fingerprint density at radius 3 is 2.88 bits per heavy atom. The van der Waals surface area contributed by atoms with Gasteiger partial charge in [0.05, 0.1) is 6.10 Å². The normalized spacial score (nSPS) is 27.9. The molecule has 1 heterocycles. The van der Waals surface area contributed by atoms with Gasteiger partial charge in [0.2, 0.25) is 0 Å². The van der Waals surface area contributed by atoms with Gasteiger partial charge >= 0.3 is 0 Å². The smallest absolute Gasteiger partial charge is 0.0910 e. The van der Waals surface area contributed by atoms with E-state index in [1.807, 2.05) is 0 Å². The summed E-state index contributed by atoms with van der Waals surface area (Å²) in [6.07, 6.45) is 6.14. The van der Waals surface area contributed by atoms with Crippen LogP contribution in [0.2, 0.25) is 0 Å². The van der Waals surface area contributed by atoms with E-state index in [0.717, 1.165) is 5.92 Å². The highest BCUT2D eigenvalue weighted by Gasteiger charge is 2.28. The minimum Gasteiger partial charge on any atom is -0.387 e. The van der Waals surface area contributed by atoms with Crippen LogP contribution in [0.25, 0.3) is 0 Å². The molecule has 0 amide bonds. The third-order valence-corrected chi connectivity index (χ3v) is 4.97. The predicted octanol–water partition coefficient (Wildman–Crippen LogP) is 4.31. The van der Waals surface area contributed by atoms with Crippen molar-refractivity contribution in [3.05, 3.63) is 21.9 Å². The number of hydrogen-bond acceptors (Lipinski definition) is 2. The Kier molecular flexibility index (Phi) is 4.04. The molecule has 3 unspecified atom stereocenters. The molecule has 0 radical (unpaired) electrons. The number of aliphatic hydroxyl groups is 1. The molecule has 90 valence electrons. The number of hydrogen-bond donors (Lipinski definition) is 1. The molecule has 0 spiro atoms. The molecule has 0 aromatic carbocycles. The predicted molar refractivity (Wildman–Crippen MR) is 69.8 cm³/mol. The number of aryl methyl sites for hydroxylation is 1. The standard InChI is InChI=1S/C14H22OS/c1-3-11-5-4-6-12(9-11)14(15)13-8-7-10(2)16-13/h7-8,11-12,14-15H,3-6,9H2,1-2H3. The second-order valence-electron chi connectivity index (χ2n) is 5.09. The summed E-state index contributed by atoms with van der Waals surface area (Å²) in [7, 11) is 0. The first-order valence-electron chi connectivity index (χ1n) is 6.45. The van der Waals surface area contributed by atoms with Crippen LogP contribution in [0.5, 0.6) is 0 Å². The van der Waals surface area contributed by atoms with Crippen molar-refractivity contribution in [2.45, 2.75) is 52.1 Å². The summed E-state index contributed by atoms with van der Waals surface area (Å²) in [5.41, 5.74) is 0. The van der Waals surface area contributed by atoms with Gasteiger partial charge in [0, 0.05) is 9.75 Å². The average molecular weight is 238 g/mol. The lowest BCUT2D eigenvalue weighted by molar-refractivity contribution is 0.0705. The van der Waals surface area contributed by atoms with Gasteiger partial charge in [-0.15, -0.1) is 11.3 Å². The summed E-state index contributed by atoms with van der Waals surface area (Å²) in [4.78, 5) is 2.47. The minimum atomic E-state index is -0.215. The Hall–Kier alpha value is -0.340. The van der Waals surface area contributed by atoms with Gasteiger partial charge in [-0.05, 0) is 43.7 Å². The largest absolute Gasteiger partial charge is 0.387 e. The molecule has 1 aromatic rings. The summed E-state index contributed by atoms with van der Waals surface area (Å²) >= 11 is 1.75. The Morgan fingerprint density at radius 2 is 2.25 bits per heavy atom. The molecule has 0 saturated heterocycles. The van der Waals surface area contributed by atoms with Gasteiger partial charge in [-0.2, -0.15) is 0 Å². The summed E-state index contributed by atoms with van der Waals surface area (Å²) in [6, 6.07) is 4.21. The Morgan fingerprint density at radius 1 is 1.44 bits per heavy atom. The van der Waals surface area contributed by atoms with E-state index >= 15 is 0 Å². The van der Waals surface area contributed by atoms with Gasteiger partial charge in [-0.25, -0.2) is 0 Å². The second kappa shape index (κ2) is 5.33. The van der Waals surface area contributed by atoms with Crippen LogP contribution in [0.1, 0.15) is 54.9 Å². The van der Waals surface area contributed by atoms with Crippen LogP contribution in [-0.4, -0.2) is 5.11 Å². The van der Waals surface area contributed by atoms with E-state index < -0.39 is 0 Å². The van der Waals surface area contributed by atoms with Gasteiger partial charge in [0.25, 0.3) is 0 Å². The van der Waals surface area contributed by atoms with Crippen LogP contribution >= 0.6 is 11.3 Å². The van der Waals surface area contributed by atoms with Gasteiger partial charge in [-0.1, -0.05) is 26.2 Å². The number of rotatable bonds is 3. The fourth-order valence-electron chi connectivity index (χ4n) is 2.83. The molecule has 1 N–H and O–H groups in total. The topological polar surface area (TPSA) is 20.2 Å². The molecule has 3 atom stereocenters. The summed E-state index contributed by atoms with van der Waals surface area (Å²) in [5, 5.41) is 10.4. The molecule has 1 fully saturated rings. The van der Waals surface area contributed by atoms with Crippen molar-refractivity contribution in [2.24, 2.45) is 11.8 Å². The maximum Gasteiger partial charge on any atom is 0.0910 e. The molecule has 1 aliphatic rings. The second-order valence-corrected chi connectivity index (χ2v) is 6.41. The molecule has 2 rings (SSSR count). The first-order chi connectivity index (χ1) is 7.70. The first-order valence-corrected chi connectivity index (χ1v) is 7.26. The van der Waals surface area contributed by atoms with Crippen molar-refractivity contribution in [3.8, 4) is 0 Å². The van der Waals surface area contributed by atoms with Crippen LogP contribution in [0.15, 0.2) is 12.1 Å². The van der Waals surface area contributed by atoms with E-state index in [0.29, 0.717) is 5.92 Å². The molecular formula is C14H22OS. The molecular weight excluding hydrogens is 216 g/mol. The SMILES string of the molecule is CCC1CCCC(C(O)c2ccc(C)s2)C1. The lowest BCUT2D eigenvalue weighted by atomic mass is 9.77. The Labute approximate surface area is 103 Å². The van der Waals surface area contributed by atoms with Gasteiger partial charge < -0.3 is 5.11 Å². The fraction of sp³-hybridized carbons (Fsp3) is 0.714. The third kappa shape index (κ3) is 2.67. The van der Waals surface area contributed by atoms with Crippen molar-refractivity contribution < 1.29 is 5.11 Å². The highest BCUT2D eigenvalue weighted by molar-refractivity contribution is 7.12. The van der Waals surface area contributed by atoms with Crippen molar-refractivity contribution in [1.29, 1.82) is 0 Å². The van der Waals surface area contributed by atoms with E-state index in [1.165, 1.54) is 41.9 Å². The maximum absolute atomic E-state index is 10.4. The van der Waals surface area contributed by atoms with Crippen molar-refractivity contribution in [1.82, 2.24) is 0 Å². The number of aliphatic hydroxyl groups excluding tert-OH is 1. The van der Waals surface area contributed by atoms with E-state index in [1.54, 1.807) is 11.3 Å². The van der Waals surface area contributed by atoms with Crippen LogP contribution in [0, 0.1) is 18.8 Å². The molecule has 2 heteroatoms. The van der Waals surface area contributed by atoms with Gasteiger partial charge in [-0.3, -0.25) is 0 Å². The molecule has 1 saturated carbocycles. The highest BCUT2D eigenvalue weighted by atomic mass is 32.1. The average Bonchev–Trinajstić information content (AvgIpc) is 2.75. The first kappa shape index (κ1) is 12.1. The lowest BCUT2D eigenvalue weighted by Crippen LogP contribution is -2.20. The van der Waals surface area contributed by atoms with Crippen LogP contribution in [0.4, 0.5) is 0 Å². The quantitative estimate of drug-likeness (QED) is 0.832. The van der Waals surface area contributed by atoms with E-state index in [9.17, 15) is 5.11 Å². The monoisotopic (exact) mass is 238 g/mol. The van der Waals surface area contributed by atoms with Crippen molar-refractivity contribution >= 4 is 11.3 Å². The van der Waals surface area contributed by atoms with Crippen LogP contribution < -0.4 is 0 Å². The zero-order chi connectivity index (χ0) is 11.5. The molecule has 1 nitrogen and oxygen atoms in total. The van der Waals surface area contributed by atoms with E-state index in [2.05, 4.69) is 26.0 Å². The minimum absolute atomic E-state index is 0.215. The third-order valence-electron chi connectivity index (χ3n) is 3.90. The molecule has 1 aliphatic carbocycles. The zero-order valence-electron chi connectivity index (χ0n) is 10.3. The van der Waals surface area contributed by atoms with Gasteiger partial charge in [0.1, 0.15) is 0 Å².